The molecule has 0 amide bonds. The van der Waals surface area contributed by atoms with E-state index in [1.807, 2.05) is 0 Å². The maximum atomic E-state index is 11.1. The summed E-state index contributed by atoms with van der Waals surface area (Å²) in [6.45, 7) is 1.91. The van der Waals surface area contributed by atoms with Crippen molar-refractivity contribution in [3.8, 4) is 5.75 Å². The number of hydrogen-bond donors (Lipinski definition) is 2. The van der Waals surface area contributed by atoms with Gasteiger partial charge in [-0.3, -0.25) is 0 Å². The van der Waals surface area contributed by atoms with E-state index in [1.54, 1.807) is 25.1 Å². The zero-order valence-electron chi connectivity index (χ0n) is 9.28. The first-order valence-corrected chi connectivity index (χ1v) is 5.19. The highest BCUT2D eigenvalue weighted by Crippen LogP contribution is 2.16. The van der Waals surface area contributed by atoms with Crippen molar-refractivity contribution >= 4 is 17.0 Å². The summed E-state index contributed by atoms with van der Waals surface area (Å²) >= 11 is 0. The quantitative estimate of drug-likeness (QED) is 0.769. The Bertz CT molecular complexity index is 584. The number of carbonyl (C=O) groups is 1. The Morgan fingerprint density at radius 1 is 1.29 bits per heavy atom. The second kappa shape index (κ2) is 4.73. The monoisotopic (exact) mass is 236 g/mol. The van der Waals surface area contributed by atoms with Gasteiger partial charge in [-0.25, -0.2) is 9.59 Å². The molecule has 0 aliphatic rings. The smallest absolute Gasteiger partial charge is 0.344 e. The Kier molecular flexibility index (Phi) is 3.13. The largest absolute Gasteiger partial charge is 0.482 e. The fourth-order valence-electron chi connectivity index (χ4n) is 1.45. The maximum absolute atomic E-state index is 11.1. The Labute approximate surface area is 96.6 Å². The summed E-state index contributed by atoms with van der Waals surface area (Å²) in [5, 5.41) is 0. The molecular weight excluding hydrogens is 224 g/mol. The highest BCUT2D eigenvalue weighted by atomic mass is 16.6. The highest BCUT2D eigenvalue weighted by Gasteiger charge is 2.04. The summed E-state index contributed by atoms with van der Waals surface area (Å²) in [4.78, 5) is 27.3. The number of carbonyl (C=O) groups excluding carboxylic acids is 1. The van der Waals surface area contributed by atoms with Crippen molar-refractivity contribution in [1.82, 2.24) is 9.97 Å². The Balaban J connectivity index is 2.08. The second-order valence-corrected chi connectivity index (χ2v) is 3.38. The van der Waals surface area contributed by atoms with E-state index >= 15 is 0 Å². The van der Waals surface area contributed by atoms with Crippen LogP contribution in [0.3, 0.4) is 0 Å². The summed E-state index contributed by atoms with van der Waals surface area (Å²) in [5.74, 6) is 0.0796. The number of H-pyrrole nitrogens is 2. The van der Waals surface area contributed by atoms with Gasteiger partial charge in [0.15, 0.2) is 6.61 Å². The van der Waals surface area contributed by atoms with Crippen LogP contribution in [0.2, 0.25) is 0 Å². The molecule has 0 aliphatic carbocycles. The topological polar surface area (TPSA) is 84.2 Å². The van der Waals surface area contributed by atoms with Crippen molar-refractivity contribution in [3.63, 3.8) is 0 Å². The van der Waals surface area contributed by atoms with Crippen LogP contribution in [0.4, 0.5) is 0 Å². The molecule has 90 valence electrons. The average Bonchev–Trinajstić information content (AvgIpc) is 2.66. The van der Waals surface area contributed by atoms with Crippen LogP contribution in [0.25, 0.3) is 11.0 Å². The molecule has 0 radical (unpaired) electrons. The molecule has 1 heterocycles. The number of ether oxygens (including phenoxy) is 2. The molecule has 2 N–H and O–H groups in total. The van der Waals surface area contributed by atoms with Crippen LogP contribution in [0.1, 0.15) is 6.92 Å². The van der Waals surface area contributed by atoms with Crippen LogP contribution in [0, 0.1) is 0 Å². The first kappa shape index (κ1) is 11.3. The third-order valence-corrected chi connectivity index (χ3v) is 2.15. The van der Waals surface area contributed by atoms with Gasteiger partial charge in [-0.1, -0.05) is 0 Å². The van der Waals surface area contributed by atoms with E-state index in [1.165, 1.54) is 0 Å². The third-order valence-electron chi connectivity index (χ3n) is 2.15. The normalized spacial score (nSPS) is 10.4. The Morgan fingerprint density at radius 3 is 2.82 bits per heavy atom. The van der Waals surface area contributed by atoms with Gasteiger partial charge < -0.3 is 19.4 Å². The lowest BCUT2D eigenvalue weighted by atomic mass is 10.3. The molecule has 17 heavy (non-hydrogen) atoms. The lowest BCUT2D eigenvalue weighted by Gasteiger charge is -2.05. The third kappa shape index (κ3) is 2.66. The molecule has 0 unspecified atom stereocenters. The van der Waals surface area contributed by atoms with Gasteiger partial charge in [0.1, 0.15) is 5.75 Å². The lowest BCUT2D eigenvalue weighted by Crippen LogP contribution is -2.14. The summed E-state index contributed by atoms with van der Waals surface area (Å²) in [6.07, 6.45) is 0. The number of rotatable bonds is 4. The van der Waals surface area contributed by atoms with E-state index in [0.717, 1.165) is 0 Å². The first-order valence-electron chi connectivity index (χ1n) is 5.19. The van der Waals surface area contributed by atoms with E-state index in [9.17, 15) is 9.59 Å². The summed E-state index contributed by atoms with van der Waals surface area (Å²) < 4.78 is 9.95. The predicted molar refractivity (Wildman–Crippen MR) is 61.0 cm³/mol. The molecule has 2 aromatic rings. The number of fused-ring (bicyclic) bond motifs is 1. The zero-order chi connectivity index (χ0) is 12.3. The van der Waals surface area contributed by atoms with Crippen LogP contribution in [0.5, 0.6) is 5.75 Å². The molecule has 0 bridgehead atoms. The number of aromatic amines is 2. The van der Waals surface area contributed by atoms with E-state index < -0.39 is 5.97 Å². The van der Waals surface area contributed by atoms with Gasteiger partial charge in [-0.2, -0.15) is 0 Å². The molecular formula is C11H12N2O4. The molecule has 2 rings (SSSR count). The van der Waals surface area contributed by atoms with Crippen molar-refractivity contribution < 1.29 is 14.3 Å². The molecule has 0 fully saturated rings. The highest BCUT2D eigenvalue weighted by molar-refractivity contribution is 5.76. The van der Waals surface area contributed by atoms with Crippen molar-refractivity contribution in [1.29, 1.82) is 0 Å². The van der Waals surface area contributed by atoms with Crippen molar-refractivity contribution in [3.05, 3.63) is 28.7 Å². The van der Waals surface area contributed by atoms with Crippen LogP contribution in [-0.4, -0.2) is 29.2 Å². The fraction of sp³-hybridized carbons (Fsp3) is 0.273. The molecule has 0 spiro atoms. The van der Waals surface area contributed by atoms with Gasteiger partial charge in [0.25, 0.3) is 0 Å². The molecule has 0 aliphatic heterocycles. The molecule has 1 aromatic carbocycles. The summed E-state index contributed by atoms with van der Waals surface area (Å²) in [7, 11) is 0. The van der Waals surface area contributed by atoms with Gasteiger partial charge in [0.2, 0.25) is 0 Å². The maximum Gasteiger partial charge on any atom is 0.344 e. The van der Waals surface area contributed by atoms with Gasteiger partial charge in [0.05, 0.1) is 17.6 Å². The van der Waals surface area contributed by atoms with E-state index in [0.29, 0.717) is 23.4 Å². The minimum atomic E-state index is -0.421. The first-order chi connectivity index (χ1) is 8.19. The van der Waals surface area contributed by atoms with Crippen molar-refractivity contribution in [2.24, 2.45) is 0 Å². The van der Waals surface area contributed by atoms with Crippen LogP contribution < -0.4 is 10.4 Å². The Morgan fingerprint density at radius 2 is 2.06 bits per heavy atom. The Hall–Kier alpha value is -2.24. The number of hydrogen-bond acceptors (Lipinski definition) is 4. The minimum Gasteiger partial charge on any atom is -0.482 e. The average molecular weight is 236 g/mol. The zero-order valence-corrected chi connectivity index (χ0v) is 9.28. The van der Waals surface area contributed by atoms with Crippen LogP contribution >= 0.6 is 0 Å². The van der Waals surface area contributed by atoms with Gasteiger partial charge in [-0.15, -0.1) is 0 Å². The van der Waals surface area contributed by atoms with Crippen LogP contribution in [-0.2, 0) is 9.53 Å². The second-order valence-electron chi connectivity index (χ2n) is 3.38. The standard InChI is InChI=1S/C11H12N2O4/c1-2-16-10(14)6-17-7-3-4-8-9(5-7)13-11(15)12-8/h3-5H,2,6H2,1H3,(H2,12,13,15). The molecule has 1 aromatic heterocycles. The van der Waals surface area contributed by atoms with Crippen molar-refractivity contribution in [2.45, 2.75) is 6.92 Å². The van der Waals surface area contributed by atoms with Gasteiger partial charge >= 0.3 is 11.7 Å². The van der Waals surface area contributed by atoms with Gasteiger partial charge in [0, 0.05) is 6.07 Å². The van der Waals surface area contributed by atoms with E-state index in [4.69, 9.17) is 9.47 Å². The minimum absolute atomic E-state index is 0.145. The molecule has 0 atom stereocenters. The molecule has 0 saturated heterocycles. The van der Waals surface area contributed by atoms with Crippen LogP contribution in [0.15, 0.2) is 23.0 Å². The van der Waals surface area contributed by atoms with E-state index in [-0.39, 0.29) is 12.3 Å². The SMILES string of the molecule is CCOC(=O)COc1ccc2[nH]c(=O)[nH]c2c1. The lowest BCUT2D eigenvalue weighted by molar-refractivity contribution is -0.145. The van der Waals surface area contributed by atoms with Gasteiger partial charge in [-0.05, 0) is 19.1 Å². The molecule has 0 saturated carbocycles. The number of imidazole rings is 1. The molecule has 6 heteroatoms. The number of nitrogens with one attached hydrogen (secondary N) is 2. The molecule has 6 nitrogen and oxygen atoms in total. The summed E-state index contributed by atoms with van der Waals surface area (Å²) in [6, 6.07) is 5.02. The number of benzene rings is 1. The fourth-order valence-corrected chi connectivity index (χ4v) is 1.45. The number of aromatic nitrogens is 2. The number of esters is 1. The van der Waals surface area contributed by atoms with E-state index in [2.05, 4.69) is 9.97 Å². The predicted octanol–water partition coefficient (Wildman–Crippen LogP) is 0.798. The van der Waals surface area contributed by atoms with Crippen molar-refractivity contribution in [2.75, 3.05) is 13.2 Å². The summed E-state index contributed by atoms with van der Waals surface area (Å²) in [5.41, 5.74) is 1.05.